The monoisotopic (exact) mass is 358 g/mol. The number of halogens is 1. The summed E-state index contributed by atoms with van der Waals surface area (Å²) >= 11 is 6.17. The Balaban J connectivity index is 1.96. The Hall–Kier alpha value is -2.99. The second kappa shape index (κ2) is 6.86. The highest BCUT2D eigenvalue weighted by Gasteiger charge is 2.34. The zero-order chi connectivity index (χ0) is 18.0. The van der Waals surface area contributed by atoms with Gasteiger partial charge < -0.3 is 14.8 Å². The summed E-state index contributed by atoms with van der Waals surface area (Å²) in [6.07, 6.45) is 1.54. The fraction of sp³-hybridized carbons (Fsp3) is 0.111. The van der Waals surface area contributed by atoms with Crippen molar-refractivity contribution in [3.8, 4) is 11.5 Å². The van der Waals surface area contributed by atoms with Gasteiger partial charge in [-0.25, -0.2) is 9.69 Å². The molecule has 0 saturated carbocycles. The summed E-state index contributed by atoms with van der Waals surface area (Å²) in [4.78, 5) is 25.8. The van der Waals surface area contributed by atoms with Gasteiger partial charge in [-0.05, 0) is 35.9 Å². The molecule has 0 radical (unpaired) electrons. The van der Waals surface area contributed by atoms with Crippen molar-refractivity contribution in [1.82, 2.24) is 5.32 Å². The van der Waals surface area contributed by atoms with Crippen LogP contribution in [0.4, 0.5) is 10.5 Å². The molecule has 0 aromatic heterocycles. The van der Waals surface area contributed by atoms with E-state index in [-0.39, 0.29) is 5.70 Å². The van der Waals surface area contributed by atoms with Crippen LogP contribution in [0.25, 0.3) is 6.08 Å². The first-order valence-electron chi connectivity index (χ1n) is 7.39. The Kier molecular flexibility index (Phi) is 4.63. The molecular formula is C18H15ClN2O4. The van der Waals surface area contributed by atoms with Gasteiger partial charge >= 0.3 is 6.03 Å². The lowest BCUT2D eigenvalue weighted by atomic mass is 10.1. The molecule has 6 nitrogen and oxygen atoms in total. The van der Waals surface area contributed by atoms with Crippen molar-refractivity contribution in [1.29, 1.82) is 0 Å². The molecule has 0 bridgehead atoms. The van der Waals surface area contributed by atoms with Gasteiger partial charge in [0.15, 0.2) is 11.5 Å². The van der Waals surface area contributed by atoms with E-state index < -0.39 is 11.9 Å². The molecule has 1 heterocycles. The Labute approximate surface area is 149 Å². The predicted molar refractivity (Wildman–Crippen MR) is 95.0 cm³/mol. The Morgan fingerprint density at radius 3 is 2.44 bits per heavy atom. The summed E-state index contributed by atoms with van der Waals surface area (Å²) < 4.78 is 10.4. The molecular weight excluding hydrogens is 344 g/mol. The molecule has 25 heavy (non-hydrogen) atoms. The third-order valence-corrected chi connectivity index (χ3v) is 3.94. The third-order valence-electron chi connectivity index (χ3n) is 3.66. The van der Waals surface area contributed by atoms with Crippen LogP contribution in [-0.4, -0.2) is 26.2 Å². The molecule has 1 aliphatic rings. The van der Waals surface area contributed by atoms with Crippen molar-refractivity contribution in [2.75, 3.05) is 19.1 Å². The molecule has 3 amide bonds. The minimum atomic E-state index is -0.506. The van der Waals surface area contributed by atoms with E-state index >= 15 is 0 Å². The van der Waals surface area contributed by atoms with Gasteiger partial charge in [-0.2, -0.15) is 0 Å². The lowest BCUT2D eigenvalue weighted by Gasteiger charge is -2.11. The van der Waals surface area contributed by atoms with Crippen molar-refractivity contribution in [3.05, 3.63) is 58.7 Å². The highest BCUT2D eigenvalue weighted by molar-refractivity contribution is 6.32. The summed E-state index contributed by atoms with van der Waals surface area (Å²) in [5.41, 5.74) is 1.25. The number of benzene rings is 2. The molecule has 2 aromatic rings. The molecule has 128 valence electrons. The number of nitrogens with one attached hydrogen (secondary N) is 1. The van der Waals surface area contributed by atoms with Crippen LogP contribution >= 0.6 is 11.6 Å². The van der Waals surface area contributed by atoms with E-state index in [1.54, 1.807) is 36.4 Å². The van der Waals surface area contributed by atoms with E-state index in [4.69, 9.17) is 21.1 Å². The van der Waals surface area contributed by atoms with E-state index in [0.717, 1.165) is 4.90 Å². The molecule has 1 saturated heterocycles. The number of carbonyl (C=O) groups excluding carboxylic acids is 2. The highest BCUT2D eigenvalue weighted by atomic mass is 35.5. The molecule has 2 aromatic carbocycles. The van der Waals surface area contributed by atoms with Crippen LogP contribution in [0.15, 0.2) is 48.2 Å². The number of carbonyl (C=O) groups is 2. The number of rotatable bonds is 4. The maximum absolute atomic E-state index is 12.6. The highest BCUT2D eigenvalue weighted by Crippen LogP contribution is 2.36. The van der Waals surface area contributed by atoms with Crippen molar-refractivity contribution in [2.45, 2.75) is 0 Å². The first kappa shape index (κ1) is 16.9. The van der Waals surface area contributed by atoms with E-state index in [1.807, 2.05) is 6.07 Å². The normalized spacial score (nSPS) is 15.5. The van der Waals surface area contributed by atoms with Crippen LogP contribution in [0, 0.1) is 0 Å². The maximum Gasteiger partial charge on any atom is 0.333 e. The minimum absolute atomic E-state index is 0.150. The first-order valence-corrected chi connectivity index (χ1v) is 7.76. The van der Waals surface area contributed by atoms with E-state index in [2.05, 4.69) is 5.32 Å². The summed E-state index contributed by atoms with van der Waals surface area (Å²) in [7, 11) is 2.98. The van der Waals surface area contributed by atoms with Crippen LogP contribution in [0.1, 0.15) is 5.56 Å². The van der Waals surface area contributed by atoms with E-state index in [1.165, 1.54) is 20.3 Å². The number of ether oxygens (including phenoxy) is 2. The molecule has 7 heteroatoms. The van der Waals surface area contributed by atoms with Gasteiger partial charge in [0, 0.05) is 0 Å². The van der Waals surface area contributed by atoms with Gasteiger partial charge in [-0.1, -0.05) is 29.8 Å². The Morgan fingerprint density at radius 2 is 1.80 bits per heavy atom. The van der Waals surface area contributed by atoms with E-state index in [0.29, 0.717) is 27.8 Å². The minimum Gasteiger partial charge on any atom is -0.493 e. The number of imide groups is 1. The summed E-state index contributed by atoms with van der Waals surface area (Å²) in [5.74, 6) is 0.389. The average Bonchev–Trinajstić information content (AvgIpc) is 2.88. The van der Waals surface area contributed by atoms with Crippen LogP contribution in [0.5, 0.6) is 11.5 Å². The smallest absolute Gasteiger partial charge is 0.333 e. The number of nitrogens with zero attached hydrogens (tertiary/aromatic N) is 1. The quantitative estimate of drug-likeness (QED) is 0.671. The van der Waals surface area contributed by atoms with Crippen LogP contribution in [0.2, 0.25) is 5.02 Å². The Bertz CT molecular complexity index is 865. The first-order chi connectivity index (χ1) is 12.0. The van der Waals surface area contributed by atoms with Crippen molar-refractivity contribution >= 4 is 35.3 Å². The van der Waals surface area contributed by atoms with Crippen molar-refractivity contribution < 1.29 is 19.1 Å². The van der Waals surface area contributed by atoms with Gasteiger partial charge in [0.2, 0.25) is 0 Å². The fourth-order valence-electron chi connectivity index (χ4n) is 2.53. The zero-order valence-electron chi connectivity index (χ0n) is 13.6. The van der Waals surface area contributed by atoms with E-state index in [9.17, 15) is 9.59 Å². The predicted octanol–water partition coefficient (Wildman–Crippen LogP) is 3.45. The van der Waals surface area contributed by atoms with Crippen LogP contribution < -0.4 is 19.7 Å². The van der Waals surface area contributed by atoms with Gasteiger partial charge in [0.1, 0.15) is 5.70 Å². The number of methoxy groups -OCH3 is 2. The SMILES string of the molecule is COc1cc(/C=C2/NC(=O)N(c3ccccc3)C2=O)cc(Cl)c1OC. The fourth-order valence-corrected chi connectivity index (χ4v) is 2.83. The molecule has 0 atom stereocenters. The van der Waals surface area contributed by atoms with Gasteiger partial charge in [-0.15, -0.1) is 0 Å². The number of hydrogen-bond donors (Lipinski definition) is 1. The number of para-hydroxylation sites is 1. The molecule has 0 aliphatic carbocycles. The molecule has 1 aliphatic heterocycles. The molecule has 1 N–H and O–H groups in total. The number of amides is 3. The largest absolute Gasteiger partial charge is 0.493 e. The standard InChI is InChI=1S/C18H15ClN2O4/c1-24-15-10-11(8-13(19)16(15)25-2)9-14-17(22)21(18(23)20-14)12-6-4-3-5-7-12/h3-10H,1-2H3,(H,20,23)/b14-9+. The summed E-state index contributed by atoms with van der Waals surface area (Å²) in [6, 6.07) is 11.5. The second-order valence-electron chi connectivity index (χ2n) is 5.20. The molecule has 1 fully saturated rings. The topological polar surface area (TPSA) is 67.9 Å². The van der Waals surface area contributed by atoms with Crippen LogP contribution in [0.3, 0.4) is 0 Å². The molecule has 0 spiro atoms. The lowest BCUT2D eigenvalue weighted by molar-refractivity contribution is -0.113. The van der Waals surface area contributed by atoms with Gasteiger partial charge in [0.25, 0.3) is 5.91 Å². The summed E-state index contributed by atoms with van der Waals surface area (Å²) in [6.45, 7) is 0. The lowest BCUT2D eigenvalue weighted by Crippen LogP contribution is -2.30. The van der Waals surface area contributed by atoms with Gasteiger partial charge in [0.05, 0.1) is 24.9 Å². The van der Waals surface area contributed by atoms with Crippen LogP contribution in [-0.2, 0) is 4.79 Å². The third kappa shape index (κ3) is 3.16. The second-order valence-corrected chi connectivity index (χ2v) is 5.61. The number of hydrogen-bond acceptors (Lipinski definition) is 4. The zero-order valence-corrected chi connectivity index (χ0v) is 14.3. The molecule has 0 unspecified atom stereocenters. The maximum atomic E-state index is 12.6. The van der Waals surface area contributed by atoms with Crippen molar-refractivity contribution in [3.63, 3.8) is 0 Å². The molecule has 3 rings (SSSR count). The summed E-state index contributed by atoms with van der Waals surface area (Å²) in [5, 5.41) is 2.91. The number of urea groups is 1. The van der Waals surface area contributed by atoms with Crippen molar-refractivity contribution in [2.24, 2.45) is 0 Å². The average molecular weight is 359 g/mol. The van der Waals surface area contributed by atoms with Gasteiger partial charge in [-0.3, -0.25) is 4.79 Å². The Morgan fingerprint density at radius 1 is 1.08 bits per heavy atom. The number of anilines is 1.